The van der Waals surface area contributed by atoms with Crippen LogP contribution in [0.2, 0.25) is 0 Å². The highest BCUT2D eigenvalue weighted by molar-refractivity contribution is 6.07. The van der Waals surface area contributed by atoms with Crippen LogP contribution in [0.25, 0.3) is 10.9 Å². The SMILES string of the molecule is CC(=O)c1cccc(NC(=O)c2ccc3[nH]c4c(c3c2)CCCC4)c1. The number of benzene rings is 2. The van der Waals surface area contributed by atoms with Gasteiger partial charge in [-0.25, -0.2) is 0 Å². The molecule has 1 amide bonds. The number of aryl methyl sites for hydroxylation is 2. The quantitative estimate of drug-likeness (QED) is 0.694. The van der Waals surface area contributed by atoms with Gasteiger partial charge in [0.05, 0.1) is 0 Å². The normalized spacial score (nSPS) is 13.5. The molecule has 0 bridgehead atoms. The average molecular weight is 332 g/mol. The molecule has 4 heteroatoms. The maximum Gasteiger partial charge on any atom is 0.255 e. The Hall–Kier alpha value is -2.88. The second kappa shape index (κ2) is 6.20. The van der Waals surface area contributed by atoms with Gasteiger partial charge in [0, 0.05) is 33.4 Å². The highest BCUT2D eigenvalue weighted by Gasteiger charge is 2.17. The van der Waals surface area contributed by atoms with Gasteiger partial charge in [0.1, 0.15) is 0 Å². The van der Waals surface area contributed by atoms with Crippen molar-refractivity contribution < 1.29 is 9.59 Å². The lowest BCUT2D eigenvalue weighted by molar-refractivity contribution is 0.101. The van der Waals surface area contributed by atoms with Gasteiger partial charge in [-0.3, -0.25) is 9.59 Å². The van der Waals surface area contributed by atoms with Crippen LogP contribution in [0.4, 0.5) is 5.69 Å². The number of fused-ring (bicyclic) bond motifs is 3. The van der Waals surface area contributed by atoms with Crippen LogP contribution >= 0.6 is 0 Å². The fourth-order valence-corrected chi connectivity index (χ4v) is 3.57. The molecule has 0 spiro atoms. The van der Waals surface area contributed by atoms with Crippen molar-refractivity contribution in [3.05, 3.63) is 64.8 Å². The number of carbonyl (C=O) groups is 2. The third-order valence-corrected chi connectivity index (χ3v) is 4.89. The number of Topliss-reactive ketones (excluding diaryl/α,β-unsaturated/α-hetero) is 1. The van der Waals surface area contributed by atoms with E-state index in [1.807, 2.05) is 18.2 Å². The number of nitrogens with one attached hydrogen (secondary N) is 2. The molecule has 0 atom stereocenters. The van der Waals surface area contributed by atoms with Crippen LogP contribution in [0.5, 0.6) is 0 Å². The Kier molecular flexibility index (Phi) is 3.88. The van der Waals surface area contributed by atoms with Gasteiger partial charge < -0.3 is 10.3 Å². The lowest BCUT2D eigenvalue weighted by Crippen LogP contribution is -2.12. The molecular formula is C21H20N2O2. The smallest absolute Gasteiger partial charge is 0.255 e. The largest absolute Gasteiger partial charge is 0.358 e. The summed E-state index contributed by atoms with van der Waals surface area (Å²) in [6, 6.07) is 12.8. The number of ketones is 1. The lowest BCUT2D eigenvalue weighted by Gasteiger charge is -2.10. The van der Waals surface area contributed by atoms with E-state index in [2.05, 4.69) is 10.3 Å². The minimum Gasteiger partial charge on any atom is -0.358 e. The first-order valence-corrected chi connectivity index (χ1v) is 8.67. The number of hydrogen-bond donors (Lipinski definition) is 2. The fraction of sp³-hybridized carbons (Fsp3) is 0.238. The fourth-order valence-electron chi connectivity index (χ4n) is 3.57. The number of rotatable bonds is 3. The average Bonchev–Trinajstić information content (AvgIpc) is 2.99. The monoisotopic (exact) mass is 332 g/mol. The molecule has 1 aromatic heterocycles. The number of carbonyl (C=O) groups excluding carboxylic acids is 2. The summed E-state index contributed by atoms with van der Waals surface area (Å²) in [5, 5.41) is 4.04. The van der Waals surface area contributed by atoms with E-state index >= 15 is 0 Å². The molecule has 2 aromatic carbocycles. The molecule has 0 saturated carbocycles. The van der Waals surface area contributed by atoms with E-state index in [1.54, 1.807) is 24.3 Å². The van der Waals surface area contributed by atoms with Crippen LogP contribution in [0.3, 0.4) is 0 Å². The van der Waals surface area contributed by atoms with Gasteiger partial charge in [-0.1, -0.05) is 12.1 Å². The maximum atomic E-state index is 12.6. The van der Waals surface area contributed by atoms with E-state index in [0.717, 1.165) is 23.7 Å². The molecule has 126 valence electrons. The summed E-state index contributed by atoms with van der Waals surface area (Å²) in [4.78, 5) is 27.6. The molecule has 0 radical (unpaired) electrons. The van der Waals surface area contributed by atoms with Gasteiger partial charge >= 0.3 is 0 Å². The lowest BCUT2D eigenvalue weighted by atomic mass is 9.95. The molecule has 2 N–H and O–H groups in total. The van der Waals surface area contributed by atoms with Gasteiger partial charge in [-0.15, -0.1) is 0 Å². The molecule has 0 aliphatic heterocycles. The second-order valence-electron chi connectivity index (χ2n) is 6.64. The van der Waals surface area contributed by atoms with E-state index in [-0.39, 0.29) is 11.7 Å². The van der Waals surface area contributed by atoms with Crippen LogP contribution in [0.15, 0.2) is 42.5 Å². The molecule has 3 aromatic rings. The van der Waals surface area contributed by atoms with E-state index in [9.17, 15) is 9.59 Å². The Labute approximate surface area is 146 Å². The van der Waals surface area contributed by atoms with Crippen LogP contribution in [-0.2, 0) is 12.8 Å². The van der Waals surface area contributed by atoms with Crippen LogP contribution < -0.4 is 5.32 Å². The van der Waals surface area contributed by atoms with Crippen molar-refractivity contribution in [2.45, 2.75) is 32.6 Å². The van der Waals surface area contributed by atoms with E-state index < -0.39 is 0 Å². The van der Waals surface area contributed by atoms with E-state index in [0.29, 0.717) is 16.8 Å². The first kappa shape index (κ1) is 15.6. The minimum absolute atomic E-state index is 0.0172. The first-order chi connectivity index (χ1) is 12.1. The van der Waals surface area contributed by atoms with Crippen molar-refractivity contribution in [2.75, 3.05) is 5.32 Å². The van der Waals surface area contributed by atoms with E-state index in [4.69, 9.17) is 0 Å². The van der Waals surface area contributed by atoms with Crippen molar-refractivity contribution in [3.63, 3.8) is 0 Å². The van der Waals surface area contributed by atoms with E-state index in [1.165, 1.54) is 31.0 Å². The van der Waals surface area contributed by atoms with Crippen molar-refractivity contribution in [2.24, 2.45) is 0 Å². The Bertz CT molecular complexity index is 985. The van der Waals surface area contributed by atoms with Gasteiger partial charge in [0.15, 0.2) is 5.78 Å². The Morgan fingerprint density at radius 2 is 1.84 bits per heavy atom. The van der Waals surface area contributed by atoms with Crippen molar-refractivity contribution in [3.8, 4) is 0 Å². The summed E-state index contributed by atoms with van der Waals surface area (Å²) < 4.78 is 0. The van der Waals surface area contributed by atoms with Gasteiger partial charge in [0.25, 0.3) is 5.91 Å². The Balaban J connectivity index is 1.64. The van der Waals surface area contributed by atoms with Crippen molar-refractivity contribution in [1.29, 1.82) is 0 Å². The number of aromatic nitrogens is 1. The number of aromatic amines is 1. The number of anilines is 1. The Morgan fingerprint density at radius 3 is 2.68 bits per heavy atom. The third kappa shape index (κ3) is 2.95. The summed E-state index contributed by atoms with van der Waals surface area (Å²) in [5.41, 5.74) is 5.62. The van der Waals surface area contributed by atoms with Crippen LogP contribution in [-0.4, -0.2) is 16.7 Å². The first-order valence-electron chi connectivity index (χ1n) is 8.67. The summed E-state index contributed by atoms with van der Waals surface area (Å²) in [5.74, 6) is -0.176. The molecule has 0 fully saturated rings. The summed E-state index contributed by atoms with van der Waals surface area (Å²) >= 11 is 0. The molecule has 4 nitrogen and oxygen atoms in total. The molecule has 25 heavy (non-hydrogen) atoms. The van der Waals surface area contributed by atoms with Gasteiger partial charge in [-0.05, 0) is 68.5 Å². The molecule has 0 saturated heterocycles. The van der Waals surface area contributed by atoms with Crippen LogP contribution in [0, 0.1) is 0 Å². The summed E-state index contributed by atoms with van der Waals surface area (Å²) in [6.45, 7) is 1.52. The predicted molar refractivity (Wildman–Crippen MR) is 99.3 cm³/mol. The molecule has 0 unspecified atom stereocenters. The van der Waals surface area contributed by atoms with Crippen LogP contribution in [0.1, 0.15) is 51.7 Å². The minimum atomic E-state index is -0.159. The zero-order valence-electron chi connectivity index (χ0n) is 14.2. The molecular weight excluding hydrogens is 312 g/mol. The molecule has 1 aliphatic carbocycles. The highest BCUT2D eigenvalue weighted by atomic mass is 16.1. The standard InChI is InChI=1S/C21H20N2O2/c1-13(24)14-5-4-6-16(11-14)22-21(25)15-9-10-20-18(12-15)17-7-2-3-8-19(17)23-20/h4-6,9-12,23H,2-3,7-8H2,1H3,(H,22,25). The highest BCUT2D eigenvalue weighted by Crippen LogP contribution is 2.29. The zero-order valence-corrected chi connectivity index (χ0v) is 14.2. The summed E-state index contributed by atoms with van der Waals surface area (Å²) in [6.07, 6.45) is 4.58. The topological polar surface area (TPSA) is 62.0 Å². The van der Waals surface area contributed by atoms with Crippen molar-refractivity contribution in [1.82, 2.24) is 4.98 Å². The number of amides is 1. The third-order valence-electron chi connectivity index (χ3n) is 4.89. The maximum absolute atomic E-state index is 12.6. The molecule has 1 heterocycles. The predicted octanol–water partition coefficient (Wildman–Crippen LogP) is 4.50. The number of H-pyrrole nitrogens is 1. The zero-order chi connectivity index (χ0) is 17.4. The second-order valence-corrected chi connectivity index (χ2v) is 6.64. The van der Waals surface area contributed by atoms with Crippen molar-refractivity contribution >= 4 is 28.3 Å². The summed E-state index contributed by atoms with van der Waals surface area (Å²) in [7, 11) is 0. The van der Waals surface area contributed by atoms with Gasteiger partial charge in [0.2, 0.25) is 0 Å². The molecule has 4 rings (SSSR count). The Morgan fingerprint density at radius 1 is 1.00 bits per heavy atom. The number of hydrogen-bond acceptors (Lipinski definition) is 2. The van der Waals surface area contributed by atoms with Gasteiger partial charge in [-0.2, -0.15) is 0 Å². The molecule has 1 aliphatic rings.